The highest BCUT2D eigenvalue weighted by atomic mass is 16.5. The van der Waals surface area contributed by atoms with Crippen LogP contribution in [-0.4, -0.2) is 30.9 Å². The van der Waals surface area contributed by atoms with Gasteiger partial charge >= 0.3 is 0 Å². The number of carbonyl (C=O) groups is 3. The van der Waals surface area contributed by atoms with Crippen LogP contribution in [0.15, 0.2) is 66.7 Å². The first-order chi connectivity index (χ1) is 17.3. The Bertz CT molecular complexity index is 1270. The van der Waals surface area contributed by atoms with Gasteiger partial charge in [-0.25, -0.2) is 0 Å². The molecule has 1 aliphatic heterocycles. The second-order valence-electron chi connectivity index (χ2n) is 9.20. The number of carbonyl (C=O) groups excluding carboxylic acids is 3. The Morgan fingerprint density at radius 3 is 2.44 bits per heavy atom. The maximum Gasteiger partial charge on any atom is 0.262 e. The Morgan fingerprint density at radius 2 is 1.72 bits per heavy atom. The van der Waals surface area contributed by atoms with Gasteiger partial charge in [0.1, 0.15) is 5.75 Å². The minimum Gasteiger partial charge on any atom is -0.484 e. The first kappa shape index (κ1) is 25.0. The fourth-order valence-electron chi connectivity index (χ4n) is 4.28. The van der Waals surface area contributed by atoms with Crippen molar-refractivity contribution in [2.45, 2.75) is 33.7 Å². The molecule has 0 bridgehead atoms. The van der Waals surface area contributed by atoms with Gasteiger partial charge in [-0.15, -0.1) is 0 Å². The monoisotopic (exact) mass is 485 g/mol. The predicted molar refractivity (Wildman–Crippen MR) is 140 cm³/mol. The maximum atomic E-state index is 12.7. The van der Waals surface area contributed by atoms with Crippen molar-refractivity contribution in [3.05, 3.63) is 89.0 Å². The first-order valence-corrected chi connectivity index (χ1v) is 12.0. The summed E-state index contributed by atoms with van der Waals surface area (Å²) < 4.78 is 5.61. The summed E-state index contributed by atoms with van der Waals surface area (Å²) in [6.07, 6.45) is 0.177. The second-order valence-corrected chi connectivity index (χ2v) is 9.20. The molecule has 1 atom stereocenters. The van der Waals surface area contributed by atoms with Crippen LogP contribution in [0.5, 0.6) is 5.75 Å². The van der Waals surface area contributed by atoms with Crippen LogP contribution in [0.25, 0.3) is 0 Å². The molecule has 7 heteroatoms. The molecule has 2 N–H and O–H groups in total. The van der Waals surface area contributed by atoms with Crippen molar-refractivity contribution in [2.75, 3.05) is 23.4 Å². The molecule has 0 saturated carbocycles. The van der Waals surface area contributed by atoms with Crippen molar-refractivity contribution in [1.29, 1.82) is 0 Å². The smallest absolute Gasteiger partial charge is 0.262 e. The summed E-state index contributed by atoms with van der Waals surface area (Å²) >= 11 is 0. The third-order valence-corrected chi connectivity index (χ3v) is 6.38. The minimum absolute atomic E-state index is 0.0902. The molecule has 0 aliphatic carbocycles. The van der Waals surface area contributed by atoms with Gasteiger partial charge in [0.2, 0.25) is 11.8 Å². The molecule has 0 radical (unpaired) electrons. The maximum absolute atomic E-state index is 12.7. The summed E-state index contributed by atoms with van der Waals surface area (Å²) in [5.74, 6) is -0.336. The van der Waals surface area contributed by atoms with E-state index in [-0.39, 0.29) is 30.7 Å². The molecule has 4 rings (SSSR count). The zero-order valence-corrected chi connectivity index (χ0v) is 20.8. The van der Waals surface area contributed by atoms with Crippen molar-refractivity contribution in [3.8, 4) is 5.75 Å². The van der Waals surface area contributed by atoms with Crippen LogP contribution in [-0.2, 0) is 20.9 Å². The summed E-state index contributed by atoms with van der Waals surface area (Å²) in [4.78, 5) is 39.2. The Balaban J connectivity index is 1.28. The number of nitrogens with one attached hydrogen (secondary N) is 2. The largest absolute Gasteiger partial charge is 0.484 e. The molecule has 186 valence electrons. The van der Waals surface area contributed by atoms with E-state index in [0.29, 0.717) is 24.5 Å². The lowest BCUT2D eigenvalue weighted by molar-refractivity contribution is -0.126. The number of amides is 3. The Morgan fingerprint density at radius 1 is 0.972 bits per heavy atom. The van der Waals surface area contributed by atoms with Crippen molar-refractivity contribution in [3.63, 3.8) is 0 Å². The van der Waals surface area contributed by atoms with Crippen LogP contribution in [0.3, 0.4) is 0 Å². The van der Waals surface area contributed by atoms with Gasteiger partial charge in [0, 0.05) is 30.9 Å². The van der Waals surface area contributed by atoms with E-state index in [1.807, 2.05) is 63.2 Å². The molecule has 36 heavy (non-hydrogen) atoms. The Kier molecular flexibility index (Phi) is 7.68. The highest BCUT2D eigenvalue weighted by molar-refractivity contribution is 6.00. The number of hydrogen-bond acceptors (Lipinski definition) is 4. The lowest BCUT2D eigenvalue weighted by Gasteiger charge is -2.17. The summed E-state index contributed by atoms with van der Waals surface area (Å²) in [7, 11) is 0. The van der Waals surface area contributed by atoms with Gasteiger partial charge in [0.05, 0.1) is 5.92 Å². The first-order valence-electron chi connectivity index (χ1n) is 12.0. The van der Waals surface area contributed by atoms with Crippen molar-refractivity contribution in [1.82, 2.24) is 5.32 Å². The van der Waals surface area contributed by atoms with Gasteiger partial charge in [-0.2, -0.15) is 0 Å². The predicted octanol–water partition coefficient (Wildman–Crippen LogP) is 4.30. The zero-order chi connectivity index (χ0) is 25.7. The van der Waals surface area contributed by atoms with Crippen LogP contribution in [0.4, 0.5) is 11.4 Å². The molecular formula is C29H31N3O4. The van der Waals surface area contributed by atoms with Gasteiger partial charge in [-0.1, -0.05) is 42.0 Å². The summed E-state index contributed by atoms with van der Waals surface area (Å²) in [6.45, 7) is 6.60. The van der Waals surface area contributed by atoms with Crippen LogP contribution in [0.2, 0.25) is 0 Å². The minimum atomic E-state index is -0.397. The third-order valence-electron chi connectivity index (χ3n) is 6.38. The van der Waals surface area contributed by atoms with Gasteiger partial charge in [0.25, 0.3) is 5.91 Å². The molecule has 0 aromatic heterocycles. The highest BCUT2D eigenvalue weighted by Crippen LogP contribution is 2.27. The number of hydrogen-bond donors (Lipinski definition) is 2. The number of benzene rings is 3. The number of anilines is 2. The molecule has 3 aromatic rings. The summed E-state index contributed by atoms with van der Waals surface area (Å²) in [5, 5.41) is 5.81. The second kappa shape index (κ2) is 11.1. The molecule has 1 fully saturated rings. The molecule has 0 spiro atoms. The lowest BCUT2D eigenvalue weighted by Crippen LogP contribution is -2.32. The highest BCUT2D eigenvalue weighted by Gasteiger charge is 2.35. The average molecular weight is 486 g/mol. The van der Waals surface area contributed by atoms with E-state index in [1.165, 1.54) is 0 Å². The number of ether oxygens (including phenoxy) is 1. The molecule has 3 amide bonds. The molecule has 1 saturated heterocycles. The lowest BCUT2D eigenvalue weighted by atomic mass is 10.1. The number of nitrogens with zero attached hydrogens (tertiary/aromatic N) is 1. The van der Waals surface area contributed by atoms with E-state index in [4.69, 9.17) is 4.74 Å². The normalized spacial score (nSPS) is 15.0. The topological polar surface area (TPSA) is 87.7 Å². The van der Waals surface area contributed by atoms with E-state index < -0.39 is 5.92 Å². The van der Waals surface area contributed by atoms with Crippen molar-refractivity contribution < 1.29 is 19.1 Å². The van der Waals surface area contributed by atoms with Crippen LogP contribution in [0.1, 0.15) is 28.7 Å². The molecule has 7 nitrogen and oxygen atoms in total. The van der Waals surface area contributed by atoms with Crippen LogP contribution < -0.4 is 20.3 Å². The third kappa shape index (κ3) is 6.10. The number of rotatable bonds is 8. The van der Waals surface area contributed by atoms with Gasteiger partial charge in [-0.05, 0) is 67.8 Å². The van der Waals surface area contributed by atoms with Crippen molar-refractivity contribution in [2.24, 2.45) is 5.92 Å². The molecule has 1 heterocycles. The van der Waals surface area contributed by atoms with Gasteiger partial charge in [0.15, 0.2) is 6.61 Å². The van der Waals surface area contributed by atoms with Crippen LogP contribution in [0, 0.1) is 26.7 Å². The van der Waals surface area contributed by atoms with E-state index in [2.05, 4.69) is 10.6 Å². The quantitative estimate of drug-likeness (QED) is 0.498. The molecular weight excluding hydrogens is 454 g/mol. The van der Waals surface area contributed by atoms with E-state index in [0.717, 1.165) is 27.9 Å². The van der Waals surface area contributed by atoms with Crippen molar-refractivity contribution >= 4 is 29.1 Å². The van der Waals surface area contributed by atoms with Crippen LogP contribution >= 0.6 is 0 Å². The van der Waals surface area contributed by atoms with E-state index >= 15 is 0 Å². The fourth-order valence-corrected chi connectivity index (χ4v) is 4.28. The standard InChI is InChI=1S/C29H31N3O4/c1-19-8-13-26(21(3)14-19)31-27(33)18-36-25-11-9-24(10-12-25)32-17-23(15-28(32)34)29(35)30-16-22-7-5-4-6-20(22)2/h4-14,23H,15-18H2,1-3H3,(H,30,35)(H,31,33)/t23-/m1/s1. The summed E-state index contributed by atoms with van der Waals surface area (Å²) in [5.41, 5.74) is 5.76. The summed E-state index contributed by atoms with van der Waals surface area (Å²) in [6, 6.07) is 20.7. The number of aryl methyl sites for hydroxylation is 3. The van der Waals surface area contributed by atoms with Gasteiger partial charge in [-0.3, -0.25) is 14.4 Å². The average Bonchev–Trinajstić information content (AvgIpc) is 3.26. The van der Waals surface area contributed by atoms with E-state index in [9.17, 15) is 14.4 Å². The van der Waals surface area contributed by atoms with E-state index in [1.54, 1.807) is 29.2 Å². The molecule has 1 aliphatic rings. The molecule has 3 aromatic carbocycles. The molecule has 0 unspecified atom stereocenters. The Hall–Kier alpha value is -4.13. The zero-order valence-electron chi connectivity index (χ0n) is 20.8. The SMILES string of the molecule is Cc1ccc(NC(=O)COc2ccc(N3C[C@H](C(=O)NCc4ccccc4C)CC3=O)cc2)c(C)c1. The fraction of sp³-hybridized carbons (Fsp3) is 0.276. The Labute approximate surface area is 211 Å². The van der Waals surface area contributed by atoms with Gasteiger partial charge < -0.3 is 20.3 Å².